The molecule has 1 aliphatic rings. The lowest BCUT2D eigenvalue weighted by molar-refractivity contribution is -0.384. The molecule has 1 aromatic heterocycles. The van der Waals surface area contributed by atoms with E-state index >= 15 is 0 Å². The Balaban J connectivity index is 0.00000169. The monoisotopic (exact) mass is 404 g/mol. The summed E-state index contributed by atoms with van der Waals surface area (Å²) in [4.78, 5) is 26.0. The quantitative estimate of drug-likeness (QED) is 0.463. The minimum Gasteiger partial charge on any atom is -0.429 e. The van der Waals surface area contributed by atoms with Crippen LogP contribution in [-0.2, 0) is 35.8 Å². The Labute approximate surface area is 161 Å². The molecule has 3 rings (SSSR count). The molecule has 0 aliphatic carbocycles. The molecular formula is C15H18Cl2N4O5. The predicted molar refractivity (Wildman–Crippen MR) is 96.5 cm³/mol. The van der Waals surface area contributed by atoms with Crippen LogP contribution in [0.5, 0.6) is 0 Å². The van der Waals surface area contributed by atoms with Gasteiger partial charge in [0.15, 0.2) is 6.61 Å². The summed E-state index contributed by atoms with van der Waals surface area (Å²) in [7, 11) is 0. The Morgan fingerprint density at radius 3 is 2.62 bits per heavy atom. The zero-order valence-corrected chi connectivity index (χ0v) is 15.3. The lowest BCUT2D eigenvalue weighted by atomic mass is 10.2. The summed E-state index contributed by atoms with van der Waals surface area (Å²) in [6.45, 7) is 2.41. The van der Waals surface area contributed by atoms with E-state index in [4.69, 9.17) is 9.47 Å². The molecular weight excluding hydrogens is 387 g/mol. The maximum Gasteiger partial charge on any atom is 0.509 e. The van der Waals surface area contributed by atoms with Crippen molar-refractivity contribution in [3.8, 4) is 0 Å². The first-order valence-electron chi connectivity index (χ1n) is 7.40. The van der Waals surface area contributed by atoms with Gasteiger partial charge in [0.05, 0.1) is 10.6 Å². The third-order valence-electron chi connectivity index (χ3n) is 3.66. The zero-order valence-electron chi connectivity index (χ0n) is 13.6. The van der Waals surface area contributed by atoms with Crippen molar-refractivity contribution in [2.75, 3.05) is 6.54 Å². The number of non-ortho nitro benzene ring substituents is 1. The number of benzene rings is 1. The second-order valence-electron chi connectivity index (χ2n) is 5.25. The third-order valence-corrected chi connectivity index (χ3v) is 3.66. The van der Waals surface area contributed by atoms with Gasteiger partial charge < -0.3 is 19.4 Å². The van der Waals surface area contributed by atoms with Crippen LogP contribution in [-0.4, -0.2) is 27.2 Å². The number of nitrogens with zero attached hydrogens (tertiary/aromatic N) is 3. The second-order valence-corrected chi connectivity index (χ2v) is 5.25. The topological polar surface area (TPSA) is 109 Å². The molecule has 0 unspecified atom stereocenters. The number of nitro benzene ring substituents is 1. The molecule has 0 saturated heterocycles. The van der Waals surface area contributed by atoms with Gasteiger partial charge in [-0.15, -0.1) is 24.8 Å². The van der Waals surface area contributed by atoms with E-state index in [1.807, 2.05) is 4.57 Å². The van der Waals surface area contributed by atoms with Gasteiger partial charge in [0, 0.05) is 38.0 Å². The van der Waals surface area contributed by atoms with Crippen LogP contribution in [0.25, 0.3) is 0 Å². The minimum absolute atomic E-state index is 0. The molecule has 1 aromatic carbocycles. The fourth-order valence-electron chi connectivity index (χ4n) is 2.41. The summed E-state index contributed by atoms with van der Waals surface area (Å²) >= 11 is 0. The summed E-state index contributed by atoms with van der Waals surface area (Å²) < 4.78 is 12.1. The smallest absolute Gasteiger partial charge is 0.429 e. The Bertz CT molecular complexity index is 751. The fourth-order valence-corrected chi connectivity index (χ4v) is 2.41. The van der Waals surface area contributed by atoms with Gasteiger partial charge in [0.2, 0.25) is 0 Å². The molecule has 9 nitrogen and oxygen atoms in total. The molecule has 0 fully saturated rings. The van der Waals surface area contributed by atoms with Crippen LogP contribution in [0.3, 0.4) is 0 Å². The number of carbonyl (C=O) groups excluding carboxylic acids is 1. The SMILES string of the molecule is Cl.Cl.O=C(OCc1ccc([N+](=O)[O-])cc1)OCc1ncc2n1CCNC2. The normalized spacial score (nSPS) is 12.2. The number of nitrogens with one attached hydrogen (secondary N) is 1. The van der Waals surface area contributed by atoms with Crippen molar-refractivity contribution in [1.29, 1.82) is 0 Å². The minimum atomic E-state index is -0.806. The summed E-state index contributed by atoms with van der Waals surface area (Å²) in [6.07, 6.45) is 0.951. The van der Waals surface area contributed by atoms with Gasteiger partial charge in [-0.25, -0.2) is 9.78 Å². The first kappa shape index (κ1) is 21.7. The molecule has 2 aromatic rings. The number of imidazole rings is 1. The van der Waals surface area contributed by atoms with Crippen molar-refractivity contribution in [3.05, 3.63) is 57.7 Å². The Hall–Kier alpha value is -2.36. The van der Waals surface area contributed by atoms with Crippen LogP contribution < -0.4 is 5.32 Å². The van der Waals surface area contributed by atoms with E-state index in [-0.39, 0.29) is 43.7 Å². The highest BCUT2D eigenvalue weighted by molar-refractivity contribution is 5.85. The van der Waals surface area contributed by atoms with E-state index in [9.17, 15) is 14.9 Å². The lowest BCUT2D eigenvalue weighted by Crippen LogP contribution is -2.28. The number of carbonyl (C=O) groups is 1. The van der Waals surface area contributed by atoms with E-state index < -0.39 is 11.1 Å². The van der Waals surface area contributed by atoms with Crippen LogP contribution in [0.1, 0.15) is 17.1 Å². The number of ether oxygens (including phenoxy) is 2. The summed E-state index contributed by atoms with van der Waals surface area (Å²) in [6, 6.07) is 5.77. The first-order valence-corrected chi connectivity index (χ1v) is 7.40. The molecule has 2 heterocycles. The van der Waals surface area contributed by atoms with E-state index in [1.165, 1.54) is 24.3 Å². The van der Waals surface area contributed by atoms with E-state index in [2.05, 4.69) is 10.3 Å². The van der Waals surface area contributed by atoms with Crippen LogP contribution in [0.15, 0.2) is 30.5 Å². The third kappa shape index (κ3) is 5.32. The number of fused-ring (bicyclic) bond motifs is 1. The number of nitro groups is 1. The van der Waals surface area contributed by atoms with Crippen molar-refractivity contribution in [2.45, 2.75) is 26.3 Å². The van der Waals surface area contributed by atoms with Crippen molar-refractivity contribution in [2.24, 2.45) is 0 Å². The second kappa shape index (κ2) is 9.95. The average Bonchev–Trinajstić information content (AvgIpc) is 3.01. The predicted octanol–water partition coefficient (Wildman–Crippen LogP) is 2.59. The van der Waals surface area contributed by atoms with Gasteiger partial charge in [0.1, 0.15) is 12.4 Å². The molecule has 11 heteroatoms. The summed E-state index contributed by atoms with van der Waals surface area (Å²) in [5, 5.41) is 13.8. The molecule has 0 saturated carbocycles. The maximum atomic E-state index is 11.7. The molecule has 0 radical (unpaired) electrons. The largest absolute Gasteiger partial charge is 0.509 e. The summed E-state index contributed by atoms with van der Waals surface area (Å²) in [5.41, 5.74) is 1.68. The lowest BCUT2D eigenvalue weighted by Gasteiger charge is -2.17. The number of hydrogen-bond donors (Lipinski definition) is 1. The van der Waals surface area contributed by atoms with Crippen molar-refractivity contribution in [1.82, 2.24) is 14.9 Å². The number of halogens is 2. The van der Waals surface area contributed by atoms with Crippen LogP contribution in [0.2, 0.25) is 0 Å². The van der Waals surface area contributed by atoms with Crippen LogP contribution in [0, 0.1) is 10.1 Å². The number of aromatic nitrogens is 2. The molecule has 0 bridgehead atoms. The van der Waals surface area contributed by atoms with Gasteiger partial charge >= 0.3 is 6.16 Å². The standard InChI is InChI=1S/C15H16N4O5.2ClH/c20-15(23-9-11-1-3-12(4-2-11)19(21)22)24-10-14-17-8-13-7-16-5-6-18(13)14;;/h1-4,8,16H,5-7,9-10H2;2*1H. The summed E-state index contributed by atoms with van der Waals surface area (Å²) in [5.74, 6) is 0.679. The highest BCUT2D eigenvalue weighted by Gasteiger charge is 2.15. The Kier molecular flexibility index (Phi) is 8.30. The van der Waals surface area contributed by atoms with E-state index in [0.29, 0.717) is 11.4 Å². The van der Waals surface area contributed by atoms with Crippen molar-refractivity contribution >= 4 is 36.7 Å². The van der Waals surface area contributed by atoms with Gasteiger partial charge in [-0.2, -0.15) is 0 Å². The van der Waals surface area contributed by atoms with Gasteiger partial charge in [-0.1, -0.05) is 0 Å². The maximum absolute atomic E-state index is 11.7. The number of hydrogen-bond acceptors (Lipinski definition) is 7. The van der Waals surface area contributed by atoms with Crippen LogP contribution in [0.4, 0.5) is 10.5 Å². The van der Waals surface area contributed by atoms with Crippen LogP contribution >= 0.6 is 24.8 Å². The van der Waals surface area contributed by atoms with Gasteiger partial charge in [-0.3, -0.25) is 10.1 Å². The van der Waals surface area contributed by atoms with Crippen molar-refractivity contribution < 1.29 is 19.2 Å². The fraction of sp³-hybridized carbons (Fsp3) is 0.333. The van der Waals surface area contributed by atoms with Gasteiger partial charge in [0.25, 0.3) is 5.69 Å². The molecule has 0 spiro atoms. The molecule has 26 heavy (non-hydrogen) atoms. The van der Waals surface area contributed by atoms with Crippen molar-refractivity contribution in [3.63, 3.8) is 0 Å². The van der Waals surface area contributed by atoms with E-state index in [1.54, 1.807) is 6.20 Å². The highest BCUT2D eigenvalue weighted by Crippen LogP contribution is 2.13. The first-order chi connectivity index (χ1) is 11.6. The molecule has 0 amide bonds. The average molecular weight is 405 g/mol. The zero-order chi connectivity index (χ0) is 16.9. The van der Waals surface area contributed by atoms with Gasteiger partial charge in [-0.05, 0) is 17.7 Å². The molecule has 1 aliphatic heterocycles. The molecule has 0 atom stereocenters. The molecule has 1 N–H and O–H groups in total. The Morgan fingerprint density at radius 1 is 1.23 bits per heavy atom. The number of rotatable bonds is 5. The molecule has 142 valence electrons. The highest BCUT2D eigenvalue weighted by atomic mass is 35.5. The van der Waals surface area contributed by atoms with E-state index in [0.717, 1.165) is 25.3 Å². The Morgan fingerprint density at radius 2 is 1.92 bits per heavy atom.